The van der Waals surface area contributed by atoms with Crippen LogP contribution in [0.3, 0.4) is 0 Å². The van der Waals surface area contributed by atoms with Gasteiger partial charge in [-0.3, -0.25) is 14.5 Å². The van der Waals surface area contributed by atoms with E-state index in [-0.39, 0.29) is 22.8 Å². The van der Waals surface area contributed by atoms with Gasteiger partial charge in [0.25, 0.3) is 5.91 Å². The molecule has 31 heavy (non-hydrogen) atoms. The topological polar surface area (TPSA) is 108 Å². The summed E-state index contributed by atoms with van der Waals surface area (Å²) in [6, 6.07) is 6.18. The maximum absolute atomic E-state index is 12.8. The molecular formula is C21H32N4O5S. The van der Waals surface area contributed by atoms with E-state index in [1.807, 2.05) is 6.92 Å². The zero-order valence-corrected chi connectivity index (χ0v) is 18.8. The van der Waals surface area contributed by atoms with Crippen LogP contribution in [-0.2, 0) is 19.6 Å². The maximum Gasteiger partial charge on any atom is 0.251 e. The number of rotatable bonds is 8. The summed E-state index contributed by atoms with van der Waals surface area (Å²) in [6.07, 6.45) is 2.41. The van der Waals surface area contributed by atoms with E-state index in [1.165, 1.54) is 16.4 Å². The van der Waals surface area contributed by atoms with Crippen molar-refractivity contribution in [3.8, 4) is 0 Å². The summed E-state index contributed by atoms with van der Waals surface area (Å²) < 4.78 is 32.3. The molecule has 9 nitrogen and oxygen atoms in total. The van der Waals surface area contributed by atoms with Crippen molar-refractivity contribution in [1.29, 1.82) is 0 Å². The molecule has 2 fully saturated rings. The van der Waals surface area contributed by atoms with E-state index in [0.29, 0.717) is 45.0 Å². The van der Waals surface area contributed by atoms with Crippen molar-refractivity contribution in [2.75, 3.05) is 52.5 Å². The third-order valence-corrected chi connectivity index (χ3v) is 7.46. The zero-order valence-electron chi connectivity index (χ0n) is 18.0. The van der Waals surface area contributed by atoms with Crippen molar-refractivity contribution in [2.24, 2.45) is 0 Å². The first-order valence-corrected chi connectivity index (χ1v) is 12.3. The highest BCUT2D eigenvalue weighted by Gasteiger charge is 2.27. The van der Waals surface area contributed by atoms with Crippen LogP contribution in [0.4, 0.5) is 0 Å². The molecule has 2 aliphatic rings. The highest BCUT2D eigenvalue weighted by molar-refractivity contribution is 7.89. The van der Waals surface area contributed by atoms with Gasteiger partial charge in [0.2, 0.25) is 15.9 Å². The highest BCUT2D eigenvalue weighted by atomic mass is 32.2. The molecule has 1 aromatic rings. The molecule has 2 aliphatic heterocycles. The van der Waals surface area contributed by atoms with Crippen LogP contribution in [-0.4, -0.2) is 88.0 Å². The van der Waals surface area contributed by atoms with E-state index >= 15 is 0 Å². The number of piperidine rings is 1. The van der Waals surface area contributed by atoms with Crippen LogP contribution < -0.4 is 10.6 Å². The SMILES string of the molecule is CCCNC(=O)CN1CCC(NC(=O)c2cccc(S(=O)(=O)N3CCOCC3)c2)CC1. The Bertz CT molecular complexity index is 862. The Morgan fingerprint density at radius 1 is 1.13 bits per heavy atom. The Hall–Kier alpha value is -2.01. The Kier molecular flexibility index (Phi) is 8.42. The number of nitrogens with zero attached hydrogens (tertiary/aromatic N) is 2. The molecule has 2 saturated heterocycles. The Morgan fingerprint density at radius 2 is 1.84 bits per heavy atom. The molecule has 0 atom stereocenters. The quantitative estimate of drug-likeness (QED) is 0.592. The number of hydrogen-bond donors (Lipinski definition) is 2. The monoisotopic (exact) mass is 452 g/mol. The van der Waals surface area contributed by atoms with Gasteiger partial charge in [-0.2, -0.15) is 4.31 Å². The van der Waals surface area contributed by atoms with E-state index in [0.717, 1.165) is 32.4 Å². The molecule has 172 valence electrons. The number of nitrogens with one attached hydrogen (secondary N) is 2. The Morgan fingerprint density at radius 3 is 2.52 bits per heavy atom. The van der Waals surface area contributed by atoms with Gasteiger partial charge in [-0.25, -0.2) is 8.42 Å². The van der Waals surface area contributed by atoms with Crippen molar-refractivity contribution < 1.29 is 22.7 Å². The first-order chi connectivity index (χ1) is 14.9. The van der Waals surface area contributed by atoms with Gasteiger partial charge in [-0.05, 0) is 37.5 Å². The number of likely N-dealkylation sites (tertiary alicyclic amines) is 1. The molecule has 0 saturated carbocycles. The highest BCUT2D eigenvalue weighted by Crippen LogP contribution is 2.19. The fourth-order valence-corrected chi connectivity index (χ4v) is 5.22. The predicted molar refractivity (Wildman–Crippen MR) is 116 cm³/mol. The second kappa shape index (κ2) is 11.0. The number of hydrogen-bond acceptors (Lipinski definition) is 6. The zero-order chi connectivity index (χ0) is 22.3. The van der Waals surface area contributed by atoms with Crippen LogP contribution in [0.1, 0.15) is 36.5 Å². The van der Waals surface area contributed by atoms with Gasteiger partial charge in [0.05, 0.1) is 24.7 Å². The number of carbonyl (C=O) groups is 2. The molecule has 0 unspecified atom stereocenters. The number of carbonyl (C=O) groups excluding carboxylic acids is 2. The second-order valence-corrected chi connectivity index (χ2v) is 9.86. The molecule has 2 amide bonds. The average molecular weight is 453 g/mol. The van der Waals surface area contributed by atoms with Crippen LogP contribution >= 0.6 is 0 Å². The third-order valence-electron chi connectivity index (χ3n) is 5.57. The molecule has 0 radical (unpaired) electrons. The summed E-state index contributed by atoms with van der Waals surface area (Å²) in [6.45, 7) is 5.92. The second-order valence-electron chi connectivity index (χ2n) is 7.92. The van der Waals surface area contributed by atoms with E-state index < -0.39 is 10.0 Å². The fraction of sp³-hybridized carbons (Fsp3) is 0.619. The third kappa shape index (κ3) is 6.49. The summed E-state index contributed by atoms with van der Waals surface area (Å²) in [5, 5.41) is 5.88. The molecular weight excluding hydrogens is 420 g/mol. The molecule has 2 heterocycles. The van der Waals surface area contributed by atoms with E-state index in [9.17, 15) is 18.0 Å². The van der Waals surface area contributed by atoms with E-state index in [4.69, 9.17) is 4.74 Å². The van der Waals surface area contributed by atoms with Crippen molar-refractivity contribution in [3.05, 3.63) is 29.8 Å². The lowest BCUT2D eigenvalue weighted by molar-refractivity contribution is -0.122. The standard InChI is InChI=1S/C21H32N4O5S/c1-2-8-22-20(26)16-24-9-6-18(7-10-24)23-21(27)17-4-3-5-19(15-17)31(28,29)25-11-13-30-14-12-25/h3-5,15,18H,2,6-14,16H2,1H3,(H,22,26)(H,23,27). The van der Waals surface area contributed by atoms with Gasteiger partial charge in [-0.15, -0.1) is 0 Å². The van der Waals surface area contributed by atoms with Crippen LogP contribution in [0.25, 0.3) is 0 Å². The largest absolute Gasteiger partial charge is 0.379 e. The molecule has 2 N–H and O–H groups in total. The minimum atomic E-state index is -3.65. The number of amides is 2. The summed E-state index contributed by atoms with van der Waals surface area (Å²) in [7, 11) is -3.65. The van der Waals surface area contributed by atoms with Crippen LogP contribution in [0.5, 0.6) is 0 Å². The lowest BCUT2D eigenvalue weighted by Gasteiger charge is -2.31. The maximum atomic E-state index is 12.8. The first-order valence-electron chi connectivity index (χ1n) is 10.9. The molecule has 1 aromatic carbocycles. The summed E-state index contributed by atoms with van der Waals surface area (Å²) in [4.78, 5) is 26.8. The van der Waals surface area contributed by atoms with Crippen LogP contribution in [0.15, 0.2) is 29.2 Å². The van der Waals surface area contributed by atoms with Gasteiger partial charge >= 0.3 is 0 Å². The molecule has 0 bridgehead atoms. The molecule has 0 aromatic heterocycles. The van der Waals surface area contributed by atoms with Gasteiger partial charge in [0.15, 0.2) is 0 Å². The molecule has 10 heteroatoms. The van der Waals surface area contributed by atoms with Crippen molar-refractivity contribution in [2.45, 2.75) is 37.1 Å². The van der Waals surface area contributed by atoms with Crippen LogP contribution in [0.2, 0.25) is 0 Å². The number of ether oxygens (including phenoxy) is 1. The molecule has 0 aliphatic carbocycles. The predicted octanol–water partition coefficient (Wildman–Crippen LogP) is 0.428. The molecule has 3 rings (SSSR count). The minimum Gasteiger partial charge on any atom is -0.379 e. The van der Waals surface area contributed by atoms with Gasteiger partial charge in [-0.1, -0.05) is 13.0 Å². The molecule has 0 spiro atoms. The average Bonchev–Trinajstić information content (AvgIpc) is 2.79. The minimum absolute atomic E-state index is 0.00181. The normalized spacial score (nSPS) is 19.1. The fourth-order valence-electron chi connectivity index (χ4n) is 3.76. The summed E-state index contributed by atoms with van der Waals surface area (Å²) in [5.41, 5.74) is 0.329. The lowest BCUT2D eigenvalue weighted by Crippen LogP contribution is -2.47. The summed E-state index contributed by atoms with van der Waals surface area (Å²) >= 11 is 0. The van der Waals surface area contributed by atoms with Crippen molar-refractivity contribution in [3.63, 3.8) is 0 Å². The summed E-state index contributed by atoms with van der Waals surface area (Å²) in [5.74, 6) is -0.249. The number of morpholine rings is 1. The Balaban J connectivity index is 1.53. The van der Waals surface area contributed by atoms with Gasteiger partial charge in [0.1, 0.15) is 0 Å². The smallest absolute Gasteiger partial charge is 0.251 e. The first kappa shape index (κ1) is 23.6. The Labute approximate surface area is 184 Å². The van der Waals surface area contributed by atoms with E-state index in [1.54, 1.807) is 12.1 Å². The van der Waals surface area contributed by atoms with E-state index in [2.05, 4.69) is 15.5 Å². The lowest BCUT2D eigenvalue weighted by atomic mass is 10.0. The van der Waals surface area contributed by atoms with Crippen molar-refractivity contribution in [1.82, 2.24) is 19.8 Å². The van der Waals surface area contributed by atoms with Crippen molar-refractivity contribution >= 4 is 21.8 Å². The van der Waals surface area contributed by atoms with Gasteiger partial charge < -0.3 is 15.4 Å². The van der Waals surface area contributed by atoms with Crippen LogP contribution in [0, 0.1) is 0 Å². The number of sulfonamides is 1. The number of benzene rings is 1. The van der Waals surface area contributed by atoms with Gasteiger partial charge in [0, 0.05) is 44.3 Å².